The molecule has 0 amide bonds. The lowest BCUT2D eigenvalue weighted by Crippen LogP contribution is -2.29. The van der Waals surface area contributed by atoms with E-state index in [9.17, 15) is 9.59 Å². The largest absolute Gasteiger partial charge is 0.496 e. The molecule has 0 unspecified atom stereocenters. The second kappa shape index (κ2) is 5.73. The van der Waals surface area contributed by atoms with Crippen molar-refractivity contribution in [2.45, 2.75) is 32.1 Å². The highest BCUT2D eigenvalue weighted by atomic mass is 16.5. The Hall–Kier alpha value is -2.04. The maximum atomic E-state index is 11.0. The summed E-state index contributed by atoms with van der Waals surface area (Å²) in [6.45, 7) is 3.49. The third-order valence-corrected chi connectivity index (χ3v) is 3.17. The topological polar surface area (TPSA) is 83.8 Å². The molecule has 1 aromatic carbocycles. The molecule has 104 valence electrons. The van der Waals surface area contributed by atoms with Crippen LogP contribution in [-0.2, 0) is 15.0 Å². The van der Waals surface area contributed by atoms with Crippen LogP contribution in [0.3, 0.4) is 0 Å². The molecule has 0 aliphatic heterocycles. The van der Waals surface area contributed by atoms with E-state index in [-0.39, 0.29) is 12.8 Å². The van der Waals surface area contributed by atoms with E-state index in [1.165, 1.54) is 0 Å². The average molecular weight is 266 g/mol. The normalized spacial score (nSPS) is 11.1. The van der Waals surface area contributed by atoms with Gasteiger partial charge in [0, 0.05) is 5.41 Å². The molecule has 1 aromatic rings. The van der Waals surface area contributed by atoms with E-state index >= 15 is 0 Å². The average Bonchev–Trinajstić information content (AvgIpc) is 2.26. The van der Waals surface area contributed by atoms with E-state index in [4.69, 9.17) is 14.9 Å². The van der Waals surface area contributed by atoms with Gasteiger partial charge < -0.3 is 14.9 Å². The Morgan fingerprint density at radius 2 is 1.74 bits per heavy atom. The molecule has 0 saturated carbocycles. The monoisotopic (exact) mass is 266 g/mol. The molecule has 2 N–H and O–H groups in total. The lowest BCUT2D eigenvalue weighted by Gasteiger charge is -2.27. The number of carboxylic acid groups (broad SMARTS) is 2. The van der Waals surface area contributed by atoms with Gasteiger partial charge in [-0.2, -0.15) is 0 Å². The fourth-order valence-electron chi connectivity index (χ4n) is 2.19. The Morgan fingerprint density at radius 3 is 2.11 bits per heavy atom. The number of rotatable bonds is 6. The van der Waals surface area contributed by atoms with Crippen molar-refractivity contribution in [2.24, 2.45) is 0 Å². The maximum Gasteiger partial charge on any atom is 0.304 e. The second-order valence-corrected chi connectivity index (χ2v) is 4.89. The summed E-state index contributed by atoms with van der Waals surface area (Å²) in [5.41, 5.74) is 0.604. The molecule has 0 heterocycles. The summed E-state index contributed by atoms with van der Waals surface area (Å²) in [6, 6.07) is 5.23. The van der Waals surface area contributed by atoms with Crippen molar-refractivity contribution in [1.29, 1.82) is 0 Å². The second-order valence-electron chi connectivity index (χ2n) is 4.89. The van der Waals surface area contributed by atoms with Gasteiger partial charge >= 0.3 is 11.9 Å². The number of hydrogen-bond acceptors (Lipinski definition) is 3. The van der Waals surface area contributed by atoms with E-state index in [1.807, 2.05) is 6.92 Å². The summed E-state index contributed by atoms with van der Waals surface area (Å²) in [5.74, 6) is -1.34. The van der Waals surface area contributed by atoms with Gasteiger partial charge in [0.15, 0.2) is 0 Å². The molecule has 1 rings (SSSR count). The molecule has 0 aliphatic rings. The Morgan fingerprint density at radius 1 is 1.21 bits per heavy atom. The molecule has 5 heteroatoms. The summed E-state index contributed by atoms with van der Waals surface area (Å²) in [5, 5.41) is 18.0. The molecule has 19 heavy (non-hydrogen) atoms. The van der Waals surface area contributed by atoms with Crippen molar-refractivity contribution in [1.82, 2.24) is 0 Å². The third-order valence-electron chi connectivity index (χ3n) is 3.17. The van der Waals surface area contributed by atoms with Gasteiger partial charge in [-0.3, -0.25) is 9.59 Å². The highest BCUT2D eigenvalue weighted by Gasteiger charge is 2.32. The van der Waals surface area contributed by atoms with Gasteiger partial charge in [-0.15, -0.1) is 0 Å². The molecule has 0 atom stereocenters. The van der Waals surface area contributed by atoms with Crippen molar-refractivity contribution < 1.29 is 24.5 Å². The van der Waals surface area contributed by atoms with Crippen LogP contribution in [0.5, 0.6) is 5.75 Å². The first-order valence-electron chi connectivity index (χ1n) is 5.87. The minimum Gasteiger partial charge on any atom is -0.496 e. The lowest BCUT2D eigenvalue weighted by atomic mass is 9.76. The zero-order valence-corrected chi connectivity index (χ0v) is 11.3. The van der Waals surface area contributed by atoms with Crippen LogP contribution in [0.25, 0.3) is 0 Å². The molecular formula is C14H18O5. The molecule has 0 bridgehead atoms. The van der Waals surface area contributed by atoms with Gasteiger partial charge in [-0.1, -0.05) is 19.1 Å². The van der Waals surface area contributed by atoms with Gasteiger partial charge in [-0.25, -0.2) is 0 Å². The number of methoxy groups -OCH3 is 1. The van der Waals surface area contributed by atoms with Gasteiger partial charge in [0.25, 0.3) is 0 Å². The van der Waals surface area contributed by atoms with Crippen LogP contribution >= 0.6 is 0 Å². The summed E-state index contributed by atoms with van der Waals surface area (Å²) in [6.07, 6.45) is -0.462. The Bertz CT molecular complexity index is 477. The van der Waals surface area contributed by atoms with Crippen LogP contribution in [0.2, 0.25) is 0 Å². The predicted molar refractivity (Wildman–Crippen MR) is 69.6 cm³/mol. The fourth-order valence-corrected chi connectivity index (χ4v) is 2.19. The summed E-state index contributed by atoms with van der Waals surface area (Å²) >= 11 is 0. The van der Waals surface area contributed by atoms with E-state index in [1.54, 1.807) is 32.2 Å². The minimum atomic E-state index is -1.02. The Kier molecular flexibility index (Phi) is 4.53. The molecule has 0 aliphatic carbocycles. The van der Waals surface area contributed by atoms with Crippen LogP contribution in [0, 0.1) is 6.92 Å². The van der Waals surface area contributed by atoms with E-state index in [0.717, 1.165) is 5.56 Å². The number of carbonyl (C=O) groups is 2. The molecule has 0 fully saturated rings. The minimum absolute atomic E-state index is 0.231. The van der Waals surface area contributed by atoms with Crippen LogP contribution in [-0.4, -0.2) is 29.3 Å². The van der Waals surface area contributed by atoms with Crippen molar-refractivity contribution in [3.8, 4) is 5.75 Å². The third kappa shape index (κ3) is 3.71. The highest BCUT2D eigenvalue weighted by molar-refractivity contribution is 5.74. The van der Waals surface area contributed by atoms with Crippen LogP contribution in [0.1, 0.15) is 30.9 Å². The van der Waals surface area contributed by atoms with Crippen molar-refractivity contribution in [3.63, 3.8) is 0 Å². The first-order chi connectivity index (χ1) is 8.78. The number of carboxylic acids is 2. The standard InChI is InChI=1S/C14H18O5/c1-9-6-10(4-5-11(9)19-3)14(2,7-12(15)16)8-13(17)18/h4-6H,7-8H2,1-3H3,(H,15,16)(H,17,18). The number of aryl methyl sites for hydroxylation is 1. The number of ether oxygens (including phenoxy) is 1. The van der Waals surface area contributed by atoms with Crippen LogP contribution < -0.4 is 4.74 Å². The van der Waals surface area contributed by atoms with E-state index < -0.39 is 17.4 Å². The SMILES string of the molecule is COc1ccc(C(C)(CC(=O)O)CC(=O)O)cc1C. The zero-order valence-electron chi connectivity index (χ0n) is 11.3. The zero-order chi connectivity index (χ0) is 14.6. The van der Waals surface area contributed by atoms with Gasteiger partial charge in [-0.05, 0) is 24.1 Å². The molecule has 0 spiro atoms. The van der Waals surface area contributed by atoms with Crippen molar-refractivity contribution >= 4 is 11.9 Å². The van der Waals surface area contributed by atoms with Gasteiger partial charge in [0.05, 0.1) is 20.0 Å². The molecular weight excluding hydrogens is 248 g/mol. The quantitative estimate of drug-likeness (QED) is 0.824. The summed E-state index contributed by atoms with van der Waals surface area (Å²) < 4.78 is 5.14. The predicted octanol–water partition coefficient (Wildman–Crippen LogP) is 2.21. The van der Waals surface area contributed by atoms with Crippen molar-refractivity contribution in [3.05, 3.63) is 29.3 Å². The summed E-state index contributed by atoms with van der Waals surface area (Å²) in [4.78, 5) is 21.9. The summed E-state index contributed by atoms with van der Waals surface area (Å²) in [7, 11) is 1.55. The smallest absolute Gasteiger partial charge is 0.304 e. The Labute approximate surface area is 111 Å². The van der Waals surface area contributed by atoms with Crippen LogP contribution in [0.4, 0.5) is 0 Å². The number of hydrogen-bond donors (Lipinski definition) is 2. The molecule has 0 saturated heterocycles. The Balaban J connectivity index is 3.20. The van der Waals surface area contributed by atoms with Crippen molar-refractivity contribution in [2.75, 3.05) is 7.11 Å². The van der Waals surface area contributed by atoms with Gasteiger partial charge in [0.1, 0.15) is 5.75 Å². The highest BCUT2D eigenvalue weighted by Crippen LogP contribution is 2.34. The lowest BCUT2D eigenvalue weighted by molar-refractivity contribution is -0.141. The van der Waals surface area contributed by atoms with E-state index in [0.29, 0.717) is 11.3 Å². The number of benzene rings is 1. The first kappa shape index (κ1) is 15.0. The first-order valence-corrected chi connectivity index (χ1v) is 5.87. The van der Waals surface area contributed by atoms with Crippen LogP contribution in [0.15, 0.2) is 18.2 Å². The molecule has 0 radical (unpaired) electrons. The van der Waals surface area contributed by atoms with Gasteiger partial charge in [0.2, 0.25) is 0 Å². The van der Waals surface area contributed by atoms with E-state index in [2.05, 4.69) is 0 Å². The maximum absolute atomic E-state index is 11.0. The number of aliphatic carboxylic acids is 2. The molecule has 5 nitrogen and oxygen atoms in total. The fraction of sp³-hybridized carbons (Fsp3) is 0.429. The molecule has 0 aromatic heterocycles.